The van der Waals surface area contributed by atoms with E-state index in [-0.39, 0.29) is 0 Å². The fraction of sp³-hybridized carbons (Fsp3) is 0.367. The van der Waals surface area contributed by atoms with Crippen LogP contribution in [0.2, 0.25) is 0 Å². The molecule has 0 atom stereocenters. The van der Waals surface area contributed by atoms with E-state index in [0.29, 0.717) is 13.2 Å². The molecule has 1 aliphatic rings. The van der Waals surface area contributed by atoms with Crippen LogP contribution in [0.15, 0.2) is 54.9 Å². The molecule has 0 amide bonds. The van der Waals surface area contributed by atoms with Crippen LogP contribution in [0.3, 0.4) is 0 Å². The van der Waals surface area contributed by atoms with Gasteiger partial charge in [-0.05, 0) is 92.9 Å². The lowest BCUT2D eigenvalue weighted by atomic mass is 9.97. The van der Waals surface area contributed by atoms with E-state index >= 15 is 0 Å². The number of hydrogen-bond acceptors (Lipinski definition) is 5. The van der Waals surface area contributed by atoms with Gasteiger partial charge in [-0.3, -0.25) is 0 Å². The number of nitrogens with two attached hydrogens (primary N) is 1. The smallest absolute Gasteiger partial charge is 0.137 e. The first kappa shape index (κ1) is 24.3. The summed E-state index contributed by atoms with van der Waals surface area (Å²) in [7, 11) is 2.20. The van der Waals surface area contributed by atoms with Crippen molar-refractivity contribution in [3.05, 3.63) is 66.0 Å². The highest BCUT2D eigenvalue weighted by atomic mass is 16.5. The number of unbranched alkanes of at least 4 members (excludes halogenated alkanes) is 1. The second kappa shape index (κ2) is 10.7. The number of aromatic amines is 1. The van der Waals surface area contributed by atoms with Gasteiger partial charge in [-0.2, -0.15) is 0 Å². The molecule has 1 fully saturated rings. The average Bonchev–Trinajstić information content (AvgIpc) is 3.31. The fourth-order valence-corrected chi connectivity index (χ4v) is 5.22. The third kappa shape index (κ3) is 5.11. The summed E-state index contributed by atoms with van der Waals surface area (Å²) in [5.74, 6) is 0.890. The molecule has 6 heteroatoms. The first-order chi connectivity index (χ1) is 17.5. The first-order valence-corrected chi connectivity index (χ1v) is 13.0. The van der Waals surface area contributed by atoms with Gasteiger partial charge < -0.3 is 25.3 Å². The zero-order chi connectivity index (χ0) is 25.1. The second-order valence-corrected chi connectivity index (χ2v) is 9.94. The van der Waals surface area contributed by atoms with Gasteiger partial charge in [0.05, 0.1) is 6.61 Å². The maximum absolute atomic E-state index is 5.84. The van der Waals surface area contributed by atoms with Crippen molar-refractivity contribution in [2.24, 2.45) is 5.73 Å². The molecular weight excluding hydrogens is 446 g/mol. The van der Waals surface area contributed by atoms with E-state index in [0.717, 1.165) is 72.5 Å². The topological polar surface area (TPSA) is 70.4 Å². The molecule has 5 rings (SSSR count). The number of H-pyrrole nitrogens is 1. The minimum absolute atomic E-state index is 0.698. The third-order valence-electron chi connectivity index (χ3n) is 7.21. The number of nitrogens with one attached hydrogen (secondary N) is 1. The number of rotatable bonds is 8. The van der Waals surface area contributed by atoms with Crippen molar-refractivity contribution < 1.29 is 4.74 Å². The van der Waals surface area contributed by atoms with Crippen LogP contribution < -0.4 is 15.4 Å². The van der Waals surface area contributed by atoms with Crippen molar-refractivity contribution >= 4 is 16.7 Å². The molecule has 3 heterocycles. The number of piperazine rings is 1. The molecule has 36 heavy (non-hydrogen) atoms. The number of anilines is 1. The Bertz CT molecular complexity index is 1300. The van der Waals surface area contributed by atoms with Crippen LogP contribution >= 0.6 is 0 Å². The van der Waals surface area contributed by atoms with E-state index in [4.69, 9.17) is 15.5 Å². The molecule has 2 aromatic heterocycles. The number of hydrogen-bond donors (Lipinski definition) is 2. The molecule has 6 nitrogen and oxygen atoms in total. The summed E-state index contributed by atoms with van der Waals surface area (Å²) in [6.07, 6.45) is 5.99. The van der Waals surface area contributed by atoms with Gasteiger partial charge in [-0.25, -0.2) is 4.98 Å². The predicted molar refractivity (Wildman–Crippen MR) is 150 cm³/mol. The highest BCUT2D eigenvalue weighted by molar-refractivity contribution is 5.96. The van der Waals surface area contributed by atoms with Crippen LogP contribution in [0.4, 0.5) is 5.69 Å². The Hall–Kier alpha value is -3.35. The Labute approximate surface area is 214 Å². The van der Waals surface area contributed by atoms with Crippen molar-refractivity contribution in [2.45, 2.75) is 26.7 Å². The molecular formula is C30H37N5O. The lowest BCUT2D eigenvalue weighted by Crippen LogP contribution is -2.45. The quantitative estimate of drug-likeness (QED) is 0.329. The zero-order valence-electron chi connectivity index (χ0n) is 21.7. The second-order valence-electron chi connectivity index (χ2n) is 9.94. The van der Waals surface area contributed by atoms with Gasteiger partial charge in [0.2, 0.25) is 0 Å². The predicted octanol–water partition coefficient (Wildman–Crippen LogP) is 5.38. The van der Waals surface area contributed by atoms with Gasteiger partial charge in [-0.1, -0.05) is 12.1 Å². The summed E-state index contributed by atoms with van der Waals surface area (Å²) in [5.41, 5.74) is 15.1. The monoisotopic (exact) mass is 483 g/mol. The maximum atomic E-state index is 5.84. The normalized spacial score (nSPS) is 14.5. The van der Waals surface area contributed by atoms with Crippen molar-refractivity contribution in [2.75, 3.05) is 51.3 Å². The number of ether oxygens (including phenoxy) is 1. The van der Waals surface area contributed by atoms with Crippen LogP contribution in [0, 0.1) is 13.8 Å². The summed E-state index contributed by atoms with van der Waals surface area (Å²) in [4.78, 5) is 13.0. The van der Waals surface area contributed by atoms with E-state index in [2.05, 4.69) is 66.0 Å². The molecule has 0 saturated carbocycles. The Morgan fingerprint density at radius 1 is 0.917 bits per heavy atom. The molecule has 188 valence electrons. The van der Waals surface area contributed by atoms with Gasteiger partial charge in [0.25, 0.3) is 0 Å². The van der Waals surface area contributed by atoms with Gasteiger partial charge in [0.1, 0.15) is 11.4 Å². The van der Waals surface area contributed by atoms with Crippen LogP contribution in [-0.4, -0.2) is 61.2 Å². The maximum Gasteiger partial charge on any atom is 0.137 e. The molecule has 4 aromatic rings. The Morgan fingerprint density at radius 3 is 2.33 bits per heavy atom. The number of pyridine rings is 1. The average molecular weight is 484 g/mol. The van der Waals surface area contributed by atoms with E-state index in [1.807, 2.05) is 24.5 Å². The molecule has 0 radical (unpaired) electrons. The minimum atomic E-state index is 0.698. The Balaban J connectivity index is 1.40. The Morgan fingerprint density at radius 2 is 1.64 bits per heavy atom. The molecule has 2 aromatic carbocycles. The van der Waals surface area contributed by atoms with Crippen molar-refractivity contribution in [1.29, 1.82) is 0 Å². The molecule has 0 unspecified atom stereocenters. The van der Waals surface area contributed by atoms with Crippen molar-refractivity contribution in [3.8, 4) is 28.0 Å². The molecule has 0 bridgehead atoms. The standard InChI is InChI=1S/C30H37N5O/c1-21-16-24(17-22(2)29(21)35-13-11-34(3)12-14-35)25-18-27-28(20-33-30(27)32-19-25)23-6-8-26(9-7-23)36-15-5-4-10-31/h6-9,16-20H,4-5,10-15,31H2,1-3H3,(H,32,33). The van der Waals surface area contributed by atoms with E-state index < -0.39 is 0 Å². The van der Waals surface area contributed by atoms with Crippen LogP contribution in [0.25, 0.3) is 33.3 Å². The Kier molecular flexibility index (Phi) is 7.25. The highest BCUT2D eigenvalue weighted by Gasteiger charge is 2.19. The highest BCUT2D eigenvalue weighted by Crippen LogP contribution is 2.35. The summed E-state index contributed by atoms with van der Waals surface area (Å²) in [6.45, 7) is 10.2. The fourth-order valence-electron chi connectivity index (χ4n) is 5.22. The molecule has 1 saturated heterocycles. The number of benzene rings is 2. The third-order valence-corrected chi connectivity index (χ3v) is 7.21. The number of aryl methyl sites for hydroxylation is 2. The van der Waals surface area contributed by atoms with Crippen molar-refractivity contribution in [1.82, 2.24) is 14.9 Å². The molecule has 0 aliphatic carbocycles. The lowest BCUT2D eigenvalue weighted by Gasteiger charge is -2.36. The molecule has 3 N–H and O–H groups in total. The number of aromatic nitrogens is 2. The summed E-state index contributed by atoms with van der Waals surface area (Å²) >= 11 is 0. The van der Waals surface area contributed by atoms with Gasteiger partial charge >= 0.3 is 0 Å². The molecule has 1 aliphatic heterocycles. The lowest BCUT2D eigenvalue weighted by molar-refractivity contribution is 0.308. The zero-order valence-corrected chi connectivity index (χ0v) is 21.7. The van der Waals surface area contributed by atoms with Gasteiger partial charge in [0.15, 0.2) is 0 Å². The van der Waals surface area contributed by atoms with Gasteiger partial charge in [0, 0.05) is 60.8 Å². The number of likely N-dealkylation sites (N-methyl/N-ethyl adjacent to an activating group) is 1. The molecule has 0 spiro atoms. The summed E-state index contributed by atoms with van der Waals surface area (Å²) in [5, 5.41) is 1.13. The van der Waals surface area contributed by atoms with Crippen LogP contribution in [0.5, 0.6) is 5.75 Å². The summed E-state index contributed by atoms with van der Waals surface area (Å²) < 4.78 is 5.84. The van der Waals surface area contributed by atoms with E-state index in [9.17, 15) is 0 Å². The van der Waals surface area contributed by atoms with Crippen LogP contribution in [-0.2, 0) is 0 Å². The minimum Gasteiger partial charge on any atom is -0.494 e. The number of fused-ring (bicyclic) bond motifs is 1. The van der Waals surface area contributed by atoms with Crippen molar-refractivity contribution in [3.63, 3.8) is 0 Å². The van der Waals surface area contributed by atoms with E-state index in [1.165, 1.54) is 22.4 Å². The van der Waals surface area contributed by atoms with Gasteiger partial charge in [-0.15, -0.1) is 0 Å². The van der Waals surface area contributed by atoms with Crippen LogP contribution in [0.1, 0.15) is 24.0 Å². The first-order valence-electron chi connectivity index (χ1n) is 13.0. The largest absolute Gasteiger partial charge is 0.494 e. The SMILES string of the molecule is Cc1cc(-c2cnc3[nH]cc(-c4ccc(OCCCCN)cc4)c3c2)cc(C)c1N1CCN(C)CC1. The number of nitrogens with zero attached hydrogens (tertiary/aromatic N) is 3. The summed E-state index contributed by atoms with van der Waals surface area (Å²) in [6, 6.07) is 15.2. The van der Waals surface area contributed by atoms with E-state index in [1.54, 1.807) is 0 Å².